The molecule has 0 heterocycles. The Kier molecular flexibility index (Phi) is 7.15. The van der Waals surface area contributed by atoms with Gasteiger partial charge in [0.25, 0.3) is 0 Å². The highest BCUT2D eigenvalue weighted by Crippen LogP contribution is 2.39. The van der Waals surface area contributed by atoms with Crippen molar-refractivity contribution < 1.29 is 4.74 Å². The molecule has 1 aromatic rings. The van der Waals surface area contributed by atoms with Crippen molar-refractivity contribution in [2.75, 3.05) is 6.61 Å². The Hall–Kier alpha value is -0.950. The minimum atomic E-state index is 0.469. The third kappa shape index (κ3) is 4.02. The average Bonchev–Trinajstić information content (AvgIpc) is 2.45. The predicted octanol–water partition coefficient (Wildman–Crippen LogP) is 6.21. The normalized spacial score (nSPS) is 12.9. The van der Waals surface area contributed by atoms with Gasteiger partial charge in [0.05, 0.1) is 6.61 Å². The molecule has 0 fully saturated rings. The van der Waals surface area contributed by atoms with E-state index >= 15 is 0 Å². The van der Waals surface area contributed by atoms with Gasteiger partial charge in [0, 0.05) is 10.6 Å². The number of hydrogen-bond donors (Lipinski definition) is 0. The van der Waals surface area contributed by atoms with Crippen molar-refractivity contribution in [1.82, 2.24) is 0 Å². The first kappa shape index (κ1) is 17.1. The quantitative estimate of drug-likeness (QED) is 0.544. The van der Waals surface area contributed by atoms with E-state index in [1.165, 1.54) is 11.1 Å². The van der Waals surface area contributed by atoms with Crippen LogP contribution in [0.15, 0.2) is 18.2 Å². The lowest BCUT2D eigenvalue weighted by Crippen LogP contribution is -2.07. The first-order valence-corrected chi connectivity index (χ1v) is 7.98. The van der Waals surface area contributed by atoms with Crippen LogP contribution in [0.25, 0.3) is 0 Å². The van der Waals surface area contributed by atoms with Crippen LogP contribution in [-0.2, 0) is 0 Å². The molecule has 1 rings (SSSR count). The molecule has 1 atom stereocenters. The molecule has 0 radical (unpaired) electrons. The number of hydrogen-bond acceptors (Lipinski definition) is 1. The van der Waals surface area contributed by atoms with E-state index in [4.69, 9.17) is 16.3 Å². The van der Waals surface area contributed by atoms with E-state index in [-0.39, 0.29) is 0 Å². The zero-order chi connectivity index (χ0) is 15.1. The molecule has 0 aromatic heterocycles. The molecule has 1 unspecified atom stereocenters. The number of halogens is 1. The predicted molar refractivity (Wildman–Crippen MR) is 89.2 cm³/mol. The molecular formula is C18H27ClO. The number of rotatable bonds is 7. The molecule has 112 valence electrons. The summed E-state index contributed by atoms with van der Waals surface area (Å²) in [4.78, 5) is 0. The summed E-state index contributed by atoms with van der Waals surface area (Å²) in [6, 6.07) is 2.10. The fourth-order valence-corrected chi connectivity index (χ4v) is 2.72. The molecule has 0 spiro atoms. The minimum Gasteiger partial charge on any atom is -0.493 e. The van der Waals surface area contributed by atoms with Crippen molar-refractivity contribution >= 4 is 11.6 Å². The van der Waals surface area contributed by atoms with Crippen molar-refractivity contribution in [3.63, 3.8) is 0 Å². The Morgan fingerprint density at radius 1 is 1.30 bits per heavy atom. The van der Waals surface area contributed by atoms with Gasteiger partial charge in [0.1, 0.15) is 5.75 Å². The fourth-order valence-electron chi connectivity index (χ4n) is 2.56. The molecule has 0 saturated heterocycles. The van der Waals surface area contributed by atoms with Crippen LogP contribution in [0.5, 0.6) is 5.75 Å². The standard InChI is InChI=1S/C18H27ClO/c1-6-9-10-15(8-3)17-14(5)18(19)13(4)12-16(17)20-11-7-2/h6,9,12,15H,7-8,10-11H2,1-5H3/b9-6-. The lowest BCUT2D eigenvalue weighted by atomic mass is 9.88. The summed E-state index contributed by atoms with van der Waals surface area (Å²) < 4.78 is 5.98. The number of aryl methyl sites for hydroxylation is 1. The van der Waals surface area contributed by atoms with Crippen molar-refractivity contribution in [2.45, 2.75) is 59.8 Å². The fraction of sp³-hybridized carbons (Fsp3) is 0.556. The molecule has 0 amide bonds. The SMILES string of the molecule is C/C=C\CC(CC)c1c(OCCC)cc(C)c(Cl)c1C. The first-order valence-electron chi connectivity index (χ1n) is 7.60. The van der Waals surface area contributed by atoms with Crippen LogP contribution in [0.3, 0.4) is 0 Å². The number of allylic oxidation sites excluding steroid dienone is 2. The Morgan fingerprint density at radius 2 is 2.00 bits per heavy atom. The number of ether oxygens (including phenoxy) is 1. The highest BCUT2D eigenvalue weighted by molar-refractivity contribution is 6.32. The third-order valence-corrected chi connectivity index (χ3v) is 4.29. The van der Waals surface area contributed by atoms with E-state index in [1.807, 2.05) is 6.92 Å². The summed E-state index contributed by atoms with van der Waals surface area (Å²) in [6.07, 6.45) is 7.49. The summed E-state index contributed by atoms with van der Waals surface area (Å²) in [5, 5.41) is 0.878. The van der Waals surface area contributed by atoms with Crippen molar-refractivity contribution in [3.8, 4) is 5.75 Å². The smallest absolute Gasteiger partial charge is 0.123 e. The minimum absolute atomic E-state index is 0.469. The second-order valence-corrected chi connectivity index (χ2v) is 5.68. The Labute approximate surface area is 129 Å². The Morgan fingerprint density at radius 3 is 2.55 bits per heavy atom. The van der Waals surface area contributed by atoms with Crippen LogP contribution in [-0.4, -0.2) is 6.61 Å². The van der Waals surface area contributed by atoms with E-state index in [9.17, 15) is 0 Å². The van der Waals surface area contributed by atoms with E-state index in [2.05, 4.69) is 45.9 Å². The molecular weight excluding hydrogens is 268 g/mol. The highest BCUT2D eigenvalue weighted by atomic mass is 35.5. The molecule has 20 heavy (non-hydrogen) atoms. The topological polar surface area (TPSA) is 9.23 Å². The summed E-state index contributed by atoms with van der Waals surface area (Å²) in [7, 11) is 0. The van der Waals surface area contributed by atoms with Gasteiger partial charge >= 0.3 is 0 Å². The van der Waals surface area contributed by atoms with Gasteiger partial charge in [-0.2, -0.15) is 0 Å². The van der Waals surface area contributed by atoms with Gasteiger partial charge in [-0.15, -0.1) is 0 Å². The Bertz CT molecular complexity index is 463. The second-order valence-electron chi connectivity index (χ2n) is 5.30. The molecule has 0 bridgehead atoms. The first-order chi connectivity index (χ1) is 9.56. The summed E-state index contributed by atoms with van der Waals surface area (Å²) >= 11 is 6.45. The number of benzene rings is 1. The summed E-state index contributed by atoms with van der Waals surface area (Å²) in [5.74, 6) is 1.48. The molecule has 0 N–H and O–H groups in total. The maximum atomic E-state index is 6.45. The van der Waals surface area contributed by atoms with Crippen LogP contribution >= 0.6 is 11.6 Å². The van der Waals surface area contributed by atoms with Gasteiger partial charge in [-0.25, -0.2) is 0 Å². The van der Waals surface area contributed by atoms with Gasteiger partial charge in [0.2, 0.25) is 0 Å². The zero-order valence-corrected chi connectivity index (χ0v) is 14.2. The molecule has 0 aliphatic rings. The molecule has 1 nitrogen and oxygen atoms in total. The van der Waals surface area contributed by atoms with E-state index in [1.54, 1.807) is 0 Å². The van der Waals surface area contributed by atoms with E-state index in [0.717, 1.165) is 42.2 Å². The van der Waals surface area contributed by atoms with Gasteiger partial charge < -0.3 is 4.74 Å². The molecule has 2 heteroatoms. The average molecular weight is 295 g/mol. The van der Waals surface area contributed by atoms with E-state index < -0.39 is 0 Å². The lowest BCUT2D eigenvalue weighted by Gasteiger charge is -2.22. The lowest BCUT2D eigenvalue weighted by molar-refractivity contribution is 0.311. The largest absolute Gasteiger partial charge is 0.493 e. The molecule has 0 aliphatic heterocycles. The zero-order valence-electron chi connectivity index (χ0n) is 13.4. The van der Waals surface area contributed by atoms with Crippen LogP contribution in [0, 0.1) is 13.8 Å². The maximum Gasteiger partial charge on any atom is 0.123 e. The van der Waals surface area contributed by atoms with Crippen molar-refractivity contribution in [1.29, 1.82) is 0 Å². The van der Waals surface area contributed by atoms with E-state index in [0.29, 0.717) is 5.92 Å². The van der Waals surface area contributed by atoms with Crippen LogP contribution in [0.2, 0.25) is 5.02 Å². The second kappa shape index (κ2) is 8.36. The molecule has 1 aromatic carbocycles. The van der Waals surface area contributed by atoms with Crippen molar-refractivity contribution in [2.24, 2.45) is 0 Å². The Balaban J connectivity index is 3.27. The van der Waals surface area contributed by atoms with Gasteiger partial charge in [-0.1, -0.05) is 37.6 Å². The monoisotopic (exact) mass is 294 g/mol. The maximum absolute atomic E-state index is 6.45. The third-order valence-electron chi connectivity index (χ3n) is 3.71. The summed E-state index contributed by atoms with van der Waals surface area (Å²) in [5.41, 5.74) is 3.56. The van der Waals surface area contributed by atoms with Crippen LogP contribution < -0.4 is 4.74 Å². The van der Waals surface area contributed by atoms with Gasteiger partial charge in [0.15, 0.2) is 0 Å². The molecule has 0 aliphatic carbocycles. The molecule has 0 saturated carbocycles. The van der Waals surface area contributed by atoms with Gasteiger partial charge in [-0.05, 0) is 63.1 Å². The van der Waals surface area contributed by atoms with Crippen molar-refractivity contribution in [3.05, 3.63) is 39.9 Å². The highest BCUT2D eigenvalue weighted by Gasteiger charge is 2.19. The van der Waals surface area contributed by atoms with Crippen LogP contribution in [0.4, 0.5) is 0 Å². The van der Waals surface area contributed by atoms with Crippen LogP contribution in [0.1, 0.15) is 62.6 Å². The van der Waals surface area contributed by atoms with Gasteiger partial charge in [-0.3, -0.25) is 0 Å². The summed E-state index contributed by atoms with van der Waals surface area (Å²) in [6.45, 7) is 11.3.